The monoisotopic (exact) mass is 1000 g/mol. The number of hydrogen-bond donors (Lipinski definition) is 3. The summed E-state index contributed by atoms with van der Waals surface area (Å²) in [7, 11) is 0. The van der Waals surface area contributed by atoms with Crippen LogP contribution in [-0.4, -0.2) is 143 Å². The van der Waals surface area contributed by atoms with E-state index in [0.29, 0.717) is 83.7 Å². The fourth-order valence-corrected chi connectivity index (χ4v) is 12.2. The fraction of sp³-hybridized carbons (Fsp3) is 0.481. The number of piperazine rings is 2. The van der Waals surface area contributed by atoms with Gasteiger partial charge in [0.2, 0.25) is 5.91 Å². The Morgan fingerprint density at radius 1 is 0.944 bits per heavy atom. The number of phenolic OH excluding ortho intramolecular Hbond substituents is 1. The molecule has 2 bridgehead atoms. The highest BCUT2D eigenvalue weighted by atomic mass is 35.5. The van der Waals surface area contributed by atoms with E-state index in [4.69, 9.17) is 32.7 Å². The van der Waals surface area contributed by atoms with E-state index in [9.17, 15) is 19.5 Å². The molecule has 1 aliphatic carbocycles. The van der Waals surface area contributed by atoms with Gasteiger partial charge in [0.1, 0.15) is 28.6 Å². The minimum absolute atomic E-state index is 0.0386. The molecular weight excluding hydrogens is 942 g/mol. The van der Waals surface area contributed by atoms with Gasteiger partial charge in [-0.2, -0.15) is 9.97 Å². The van der Waals surface area contributed by atoms with E-state index in [-0.39, 0.29) is 69.7 Å². The van der Waals surface area contributed by atoms with Crippen molar-refractivity contribution in [3.8, 4) is 35.4 Å². The van der Waals surface area contributed by atoms with Gasteiger partial charge in [0.25, 0.3) is 5.91 Å². The van der Waals surface area contributed by atoms with Crippen LogP contribution in [-0.2, 0) is 4.79 Å². The van der Waals surface area contributed by atoms with Crippen molar-refractivity contribution in [2.75, 3.05) is 88.4 Å². The van der Waals surface area contributed by atoms with E-state index in [2.05, 4.69) is 36.2 Å². The van der Waals surface area contributed by atoms with E-state index >= 15 is 8.78 Å². The van der Waals surface area contributed by atoms with E-state index in [1.165, 1.54) is 29.2 Å². The molecule has 6 fully saturated rings. The summed E-state index contributed by atoms with van der Waals surface area (Å²) in [6.07, 6.45) is 16.9. The standard InChI is InChI=1S/C54H59ClF2N10O5/c1-2-39-43(56)11-7-34-25-38(68)27-40(46(34)39)48-47(57)49-41(28-58-48)50(66-29-36-8-9-37(30-66)59-36)62-52(61-49)72-32-54(15-4-16-54)31-64-23-21-63(22-24-64)17-3-5-33-12-18-65(19-13-33)51(70)35-6-10-42(55)44(26-35)67-20-14-45(69)60-53(67)71/h1,6-7,10-11,25-28,33,36-37,59,68H,3-5,8-9,12-24,29-32H2,(H,60,69,71). The summed E-state index contributed by atoms with van der Waals surface area (Å²) in [6.45, 7) is 9.23. The van der Waals surface area contributed by atoms with Crippen molar-refractivity contribution in [3.63, 3.8) is 0 Å². The quantitative estimate of drug-likeness (QED) is 0.101. The third kappa shape index (κ3) is 9.61. The molecule has 11 rings (SSSR count). The van der Waals surface area contributed by atoms with Crippen molar-refractivity contribution in [3.05, 3.63) is 76.4 Å². The zero-order chi connectivity index (χ0) is 49.7. The number of piperidine rings is 1. The lowest BCUT2D eigenvalue weighted by Crippen LogP contribution is -2.53. The number of pyridine rings is 1. The lowest BCUT2D eigenvalue weighted by molar-refractivity contribution is -0.120. The van der Waals surface area contributed by atoms with Crippen LogP contribution in [0.15, 0.2) is 48.7 Å². The van der Waals surface area contributed by atoms with Gasteiger partial charge < -0.3 is 34.8 Å². The number of nitrogens with one attached hydrogen (secondary N) is 2. The van der Waals surface area contributed by atoms with Gasteiger partial charge in [-0.25, -0.2) is 13.6 Å². The summed E-state index contributed by atoms with van der Waals surface area (Å²) in [6, 6.07) is 10.7. The number of likely N-dealkylation sites (tertiary alicyclic amines) is 1. The number of urea groups is 1. The highest BCUT2D eigenvalue weighted by Crippen LogP contribution is 2.43. The maximum atomic E-state index is 17.2. The van der Waals surface area contributed by atoms with Crippen LogP contribution in [0.3, 0.4) is 0 Å². The normalized spacial score (nSPS) is 21.8. The third-order valence-electron chi connectivity index (χ3n) is 16.1. The predicted octanol–water partition coefficient (Wildman–Crippen LogP) is 7.35. The molecular formula is C54H59ClF2N10O5. The highest BCUT2D eigenvalue weighted by Gasteiger charge is 2.41. The Morgan fingerprint density at radius 2 is 1.71 bits per heavy atom. The molecule has 5 aromatic rings. The molecule has 4 amide bonds. The van der Waals surface area contributed by atoms with Crippen molar-refractivity contribution in [1.29, 1.82) is 0 Å². The van der Waals surface area contributed by atoms with Crippen LogP contribution in [0.2, 0.25) is 5.02 Å². The van der Waals surface area contributed by atoms with Gasteiger partial charge in [-0.1, -0.05) is 30.0 Å². The van der Waals surface area contributed by atoms with Crippen LogP contribution in [0.1, 0.15) is 80.1 Å². The zero-order valence-corrected chi connectivity index (χ0v) is 41.0. The summed E-state index contributed by atoms with van der Waals surface area (Å²) in [5.74, 6) is 1.64. The molecule has 2 aromatic heterocycles. The summed E-state index contributed by atoms with van der Waals surface area (Å²) < 4.78 is 38.8. The van der Waals surface area contributed by atoms with Gasteiger partial charge in [-0.05, 0) is 106 Å². The maximum absolute atomic E-state index is 17.2. The van der Waals surface area contributed by atoms with Crippen LogP contribution in [0.4, 0.5) is 25.1 Å². The van der Waals surface area contributed by atoms with Gasteiger partial charge in [-0.3, -0.25) is 24.8 Å². The molecule has 1 saturated carbocycles. The van der Waals surface area contributed by atoms with Gasteiger partial charge in [-0.15, -0.1) is 6.42 Å². The molecule has 15 nitrogen and oxygen atoms in total. The Morgan fingerprint density at radius 3 is 2.43 bits per heavy atom. The number of hydrogen-bond acceptors (Lipinski definition) is 12. The average Bonchev–Trinajstić information content (AvgIpc) is 3.71. The van der Waals surface area contributed by atoms with E-state index in [1.54, 1.807) is 24.4 Å². The van der Waals surface area contributed by atoms with Crippen LogP contribution < -0.4 is 25.2 Å². The van der Waals surface area contributed by atoms with E-state index in [1.807, 2.05) is 4.90 Å². The summed E-state index contributed by atoms with van der Waals surface area (Å²) >= 11 is 6.43. The summed E-state index contributed by atoms with van der Waals surface area (Å²) in [4.78, 5) is 62.6. The number of phenols is 1. The Hall–Kier alpha value is -6.19. The minimum Gasteiger partial charge on any atom is -0.508 e. The van der Waals surface area contributed by atoms with Crippen LogP contribution in [0.5, 0.6) is 11.8 Å². The van der Waals surface area contributed by atoms with Gasteiger partial charge in [0.15, 0.2) is 5.82 Å². The molecule has 3 aromatic carbocycles. The first-order valence-electron chi connectivity index (χ1n) is 25.5. The van der Waals surface area contributed by atoms with Crippen molar-refractivity contribution >= 4 is 62.6 Å². The molecule has 2 atom stereocenters. The van der Waals surface area contributed by atoms with Crippen LogP contribution >= 0.6 is 11.6 Å². The smallest absolute Gasteiger partial charge is 0.328 e. The first-order valence-corrected chi connectivity index (χ1v) is 25.9. The molecule has 5 aliphatic heterocycles. The molecule has 0 spiro atoms. The molecule has 72 heavy (non-hydrogen) atoms. The molecule has 3 N–H and O–H groups in total. The Balaban J connectivity index is 0.704. The first kappa shape index (κ1) is 48.1. The second-order valence-electron chi connectivity index (χ2n) is 20.8. The number of terminal acetylenes is 1. The molecule has 7 heterocycles. The largest absolute Gasteiger partial charge is 0.508 e. The molecule has 5 saturated heterocycles. The summed E-state index contributed by atoms with van der Waals surface area (Å²) in [5.41, 5.74) is 0.882. The first-order chi connectivity index (χ1) is 34.9. The number of amides is 4. The number of rotatable bonds is 13. The third-order valence-corrected chi connectivity index (χ3v) is 16.4. The van der Waals surface area contributed by atoms with Gasteiger partial charge in [0.05, 0.1) is 28.3 Å². The van der Waals surface area contributed by atoms with Crippen molar-refractivity contribution < 1.29 is 33.0 Å². The lowest BCUT2D eigenvalue weighted by atomic mass is 9.69. The van der Waals surface area contributed by atoms with Crippen LogP contribution in [0.25, 0.3) is 32.9 Å². The number of anilines is 2. The summed E-state index contributed by atoms with van der Waals surface area (Å²) in [5, 5.41) is 18.2. The molecule has 18 heteroatoms. The number of carbonyl (C=O) groups excluding carboxylic acids is 3. The highest BCUT2D eigenvalue weighted by molar-refractivity contribution is 6.34. The Kier molecular flexibility index (Phi) is 13.4. The minimum atomic E-state index is -0.731. The Labute approximate surface area is 422 Å². The number of benzene rings is 3. The molecule has 0 radical (unpaired) electrons. The number of nitrogens with zero attached hydrogens (tertiary/aromatic N) is 8. The number of aromatic hydroxyl groups is 1. The molecule has 2 unspecified atom stereocenters. The maximum Gasteiger partial charge on any atom is 0.328 e. The SMILES string of the molecule is C#Cc1c(F)ccc2cc(O)cc(-c3ncc4c(N5CC6CCC(C5)N6)nc(OCC5(CN6CCN(CCCC7CCN(C(=O)c8ccc(Cl)c(N9CCC(=O)NC9=O)c8)CC7)CC6)CCC5)nc4c3F)c12. The second kappa shape index (κ2) is 20.0. The fourth-order valence-electron chi connectivity index (χ4n) is 12.0. The van der Waals surface area contributed by atoms with Crippen LogP contribution in [0, 0.1) is 35.3 Å². The zero-order valence-electron chi connectivity index (χ0n) is 40.3. The van der Waals surface area contributed by atoms with E-state index < -0.39 is 17.7 Å². The van der Waals surface area contributed by atoms with Crippen molar-refractivity contribution in [1.82, 2.24) is 40.3 Å². The Bertz CT molecular complexity index is 2980. The topological polar surface area (TPSA) is 160 Å². The number of carbonyl (C=O) groups is 3. The predicted molar refractivity (Wildman–Crippen MR) is 271 cm³/mol. The van der Waals surface area contributed by atoms with E-state index in [0.717, 1.165) is 97.1 Å². The molecule has 6 aliphatic rings. The van der Waals surface area contributed by atoms with Crippen molar-refractivity contribution in [2.24, 2.45) is 11.3 Å². The number of aromatic nitrogens is 3. The van der Waals surface area contributed by atoms with Gasteiger partial charge in [0, 0.05) is 112 Å². The second-order valence-corrected chi connectivity index (χ2v) is 21.2. The number of halogens is 3. The molecule has 376 valence electrons. The number of imide groups is 1. The lowest BCUT2D eigenvalue weighted by Gasteiger charge is -2.46. The average molecular weight is 1000 g/mol. The number of ether oxygens (including phenoxy) is 1. The number of fused-ring (bicyclic) bond motifs is 4. The van der Waals surface area contributed by atoms with Crippen molar-refractivity contribution in [2.45, 2.75) is 76.3 Å². The van der Waals surface area contributed by atoms with Gasteiger partial charge >= 0.3 is 12.0 Å².